The molecule has 0 aliphatic carbocycles. The van der Waals surface area contributed by atoms with E-state index in [1.807, 2.05) is 24.3 Å². The zero-order valence-corrected chi connectivity index (χ0v) is 11.2. The lowest BCUT2D eigenvalue weighted by Gasteiger charge is -2.10. The lowest BCUT2D eigenvalue weighted by atomic mass is 10.1. The van der Waals surface area contributed by atoms with Crippen molar-refractivity contribution in [1.82, 2.24) is 0 Å². The van der Waals surface area contributed by atoms with Gasteiger partial charge in [-0.3, -0.25) is 4.79 Å². The van der Waals surface area contributed by atoms with Gasteiger partial charge in [-0.1, -0.05) is 24.3 Å². The highest BCUT2D eigenvalue weighted by Crippen LogP contribution is 2.24. The number of rotatable bonds is 6. The number of hydrogen-bond acceptors (Lipinski definition) is 4. The van der Waals surface area contributed by atoms with Crippen molar-refractivity contribution in [2.24, 2.45) is 0 Å². The lowest BCUT2D eigenvalue weighted by Crippen LogP contribution is -1.99. The molecule has 0 amide bonds. The second kappa shape index (κ2) is 6.73. The average Bonchev–Trinajstić information content (AvgIpc) is 2.53. The van der Waals surface area contributed by atoms with Crippen LogP contribution in [0.2, 0.25) is 0 Å². The van der Waals surface area contributed by atoms with Gasteiger partial charge in [-0.25, -0.2) is 0 Å². The van der Waals surface area contributed by atoms with Crippen molar-refractivity contribution in [2.75, 3.05) is 7.11 Å². The van der Waals surface area contributed by atoms with Crippen molar-refractivity contribution in [3.63, 3.8) is 0 Å². The highest BCUT2D eigenvalue weighted by Gasteiger charge is 2.05. The molecule has 0 saturated carbocycles. The Morgan fingerprint density at radius 3 is 2.40 bits per heavy atom. The van der Waals surface area contributed by atoms with Crippen molar-refractivity contribution in [2.45, 2.75) is 13.2 Å². The van der Waals surface area contributed by atoms with Gasteiger partial charge in [-0.05, 0) is 23.3 Å². The number of benzene rings is 2. The first-order valence-electron chi connectivity index (χ1n) is 6.21. The van der Waals surface area contributed by atoms with Crippen LogP contribution in [-0.2, 0) is 13.2 Å². The number of aliphatic hydroxyl groups excluding tert-OH is 1. The van der Waals surface area contributed by atoms with E-state index in [4.69, 9.17) is 14.6 Å². The standard InChI is InChI=1S/C16H16O4/c1-19-15-7-6-14(10-18)16(8-15)20-11-13-4-2-12(9-17)3-5-13/h2-8,10,17H,9,11H2,1H3. The molecule has 2 aromatic carbocycles. The number of methoxy groups -OCH3 is 1. The molecule has 0 fully saturated rings. The third-order valence-electron chi connectivity index (χ3n) is 2.95. The van der Waals surface area contributed by atoms with Crippen LogP contribution in [0, 0.1) is 0 Å². The SMILES string of the molecule is COc1ccc(C=O)c(OCc2ccc(CO)cc2)c1. The number of carbonyl (C=O) groups excluding carboxylic acids is 1. The van der Waals surface area contributed by atoms with E-state index in [-0.39, 0.29) is 6.61 Å². The Kier molecular flexibility index (Phi) is 4.74. The van der Waals surface area contributed by atoms with Gasteiger partial charge in [0.2, 0.25) is 0 Å². The molecule has 0 saturated heterocycles. The zero-order chi connectivity index (χ0) is 14.4. The van der Waals surface area contributed by atoms with Gasteiger partial charge in [0, 0.05) is 6.07 Å². The first-order valence-corrected chi connectivity index (χ1v) is 6.21. The first-order chi connectivity index (χ1) is 9.76. The first kappa shape index (κ1) is 14.1. The van der Waals surface area contributed by atoms with Crippen LogP contribution in [0.3, 0.4) is 0 Å². The van der Waals surface area contributed by atoms with E-state index in [1.165, 1.54) is 0 Å². The van der Waals surface area contributed by atoms with Gasteiger partial charge in [-0.15, -0.1) is 0 Å². The molecule has 0 radical (unpaired) electrons. The van der Waals surface area contributed by atoms with Gasteiger partial charge in [0.1, 0.15) is 18.1 Å². The molecule has 4 heteroatoms. The Morgan fingerprint density at radius 1 is 1.10 bits per heavy atom. The van der Waals surface area contributed by atoms with E-state index in [9.17, 15) is 4.79 Å². The van der Waals surface area contributed by atoms with E-state index >= 15 is 0 Å². The van der Waals surface area contributed by atoms with Crippen molar-refractivity contribution >= 4 is 6.29 Å². The highest BCUT2D eigenvalue weighted by molar-refractivity contribution is 5.79. The fraction of sp³-hybridized carbons (Fsp3) is 0.188. The van der Waals surface area contributed by atoms with Crippen LogP contribution < -0.4 is 9.47 Å². The molecule has 1 N–H and O–H groups in total. The molecule has 0 aromatic heterocycles. The average molecular weight is 272 g/mol. The molecule has 0 aliphatic heterocycles. The molecule has 20 heavy (non-hydrogen) atoms. The summed E-state index contributed by atoms with van der Waals surface area (Å²) < 4.78 is 10.8. The van der Waals surface area contributed by atoms with E-state index in [1.54, 1.807) is 25.3 Å². The minimum atomic E-state index is 0.0202. The third kappa shape index (κ3) is 3.36. The second-order valence-electron chi connectivity index (χ2n) is 4.28. The molecular formula is C16H16O4. The maximum Gasteiger partial charge on any atom is 0.153 e. The smallest absolute Gasteiger partial charge is 0.153 e. The van der Waals surface area contributed by atoms with Crippen molar-refractivity contribution in [1.29, 1.82) is 0 Å². The molecule has 0 bridgehead atoms. The van der Waals surface area contributed by atoms with Gasteiger partial charge in [-0.2, -0.15) is 0 Å². The molecule has 0 heterocycles. The Balaban J connectivity index is 2.10. The van der Waals surface area contributed by atoms with Crippen molar-refractivity contribution in [3.05, 3.63) is 59.2 Å². The molecule has 104 valence electrons. The van der Waals surface area contributed by atoms with Crippen LogP contribution in [0.5, 0.6) is 11.5 Å². The molecule has 0 aliphatic rings. The Hall–Kier alpha value is -2.33. The van der Waals surface area contributed by atoms with Crippen LogP contribution in [0.25, 0.3) is 0 Å². The summed E-state index contributed by atoms with van der Waals surface area (Å²) in [6.45, 7) is 0.367. The second-order valence-corrected chi connectivity index (χ2v) is 4.28. The summed E-state index contributed by atoms with van der Waals surface area (Å²) in [5.41, 5.74) is 2.29. The van der Waals surface area contributed by atoms with Gasteiger partial charge in [0.25, 0.3) is 0 Å². The fourth-order valence-electron chi connectivity index (χ4n) is 1.77. The van der Waals surface area contributed by atoms with Crippen LogP contribution in [0.15, 0.2) is 42.5 Å². The molecule has 0 atom stereocenters. The van der Waals surface area contributed by atoms with E-state index in [0.29, 0.717) is 23.7 Å². The maximum atomic E-state index is 11.0. The normalized spacial score (nSPS) is 10.1. The Bertz CT molecular complexity index is 576. The number of carbonyl (C=O) groups is 1. The van der Waals surface area contributed by atoms with Crippen LogP contribution >= 0.6 is 0 Å². The van der Waals surface area contributed by atoms with Gasteiger partial charge >= 0.3 is 0 Å². The van der Waals surface area contributed by atoms with Crippen molar-refractivity contribution in [3.8, 4) is 11.5 Å². The minimum Gasteiger partial charge on any atom is -0.497 e. The van der Waals surface area contributed by atoms with Gasteiger partial charge in [0.05, 0.1) is 19.3 Å². The number of hydrogen-bond donors (Lipinski definition) is 1. The summed E-state index contributed by atoms with van der Waals surface area (Å²) in [7, 11) is 1.56. The molecule has 4 nitrogen and oxygen atoms in total. The maximum absolute atomic E-state index is 11.0. The van der Waals surface area contributed by atoms with Gasteiger partial charge in [0.15, 0.2) is 6.29 Å². The van der Waals surface area contributed by atoms with Crippen LogP contribution in [0.4, 0.5) is 0 Å². The Labute approximate surface area is 117 Å². The minimum absolute atomic E-state index is 0.0202. The molecule has 2 aromatic rings. The topological polar surface area (TPSA) is 55.8 Å². The van der Waals surface area contributed by atoms with E-state index in [2.05, 4.69) is 0 Å². The quantitative estimate of drug-likeness (QED) is 0.821. The predicted octanol–water partition coefficient (Wildman–Crippen LogP) is 2.58. The molecular weight excluding hydrogens is 256 g/mol. The summed E-state index contributed by atoms with van der Waals surface area (Å²) >= 11 is 0. The summed E-state index contributed by atoms with van der Waals surface area (Å²) in [5, 5.41) is 8.98. The monoisotopic (exact) mass is 272 g/mol. The summed E-state index contributed by atoms with van der Waals surface area (Å²) in [5.74, 6) is 1.13. The third-order valence-corrected chi connectivity index (χ3v) is 2.95. The summed E-state index contributed by atoms with van der Waals surface area (Å²) in [6, 6.07) is 12.5. The highest BCUT2D eigenvalue weighted by atomic mass is 16.5. The number of aliphatic hydroxyl groups is 1. The summed E-state index contributed by atoms with van der Waals surface area (Å²) in [4.78, 5) is 11.0. The fourth-order valence-corrected chi connectivity index (χ4v) is 1.77. The molecule has 0 spiro atoms. The molecule has 2 rings (SSSR count). The van der Waals surface area contributed by atoms with Crippen LogP contribution in [-0.4, -0.2) is 18.5 Å². The van der Waals surface area contributed by atoms with Crippen LogP contribution in [0.1, 0.15) is 21.5 Å². The van der Waals surface area contributed by atoms with Gasteiger partial charge < -0.3 is 14.6 Å². The Morgan fingerprint density at radius 2 is 1.80 bits per heavy atom. The lowest BCUT2D eigenvalue weighted by molar-refractivity contribution is 0.111. The zero-order valence-electron chi connectivity index (χ0n) is 11.2. The number of ether oxygens (including phenoxy) is 2. The van der Waals surface area contributed by atoms with Crippen molar-refractivity contribution < 1.29 is 19.4 Å². The van der Waals surface area contributed by atoms with E-state index < -0.39 is 0 Å². The largest absolute Gasteiger partial charge is 0.497 e. The summed E-state index contributed by atoms with van der Waals surface area (Å²) in [6.07, 6.45) is 0.754. The predicted molar refractivity (Wildman–Crippen MR) is 75.1 cm³/mol. The molecule has 0 unspecified atom stereocenters. The number of aldehydes is 1. The van der Waals surface area contributed by atoms with E-state index in [0.717, 1.165) is 17.4 Å².